The van der Waals surface area contributed by atoms with Crippen molar-refractivity contribution in [3.8, 4) is 0 Å². The third-order valence-electron chi connectivity index (χ3n) is 4.07. The van der Waals surface area contributed by atoms with Crippen LogP contribution in [0.25, 0.3) is 0 Å². The van der Waals surface area contributed by atoms with E-state index in [0.29, 0.717) is 6.54 Å². The molecule has 1 aliphatic rings. The monoisotopic (exact) mass is 331 g/mol. The van der Waals surface area contributed by atoms with Gasteiger partial charge in [0.1, 0.15) is 5.60 Å². The molecule has 5 nitrogen and oxygen atoms in total. The minimum absolute atomic E-state index is 0.0269. The van der Waals surface area contributed by atoms with Crippen LogP contribution in [0.1, 0.15) is 48.0 Å². The molecule has 0 saturated carbocycles. The Labute approximate surface area is 136 Å². The van der Waals surface area contributed by atoms with Crippen molar-refractivity contribution in [2.75, 3.05) is 13.2 Å². The number of alkyl carbamates (subject to hydrolysis) is 1. The van der Waals surface area contributed by atoms with Crippen molar-refractivity contribution in [1.29, 1.82) is 0 Å². The maximum absolute atomic E-state index is 11.8. The molecule has 22 heavy (non-hydrogen) atoms. The SMILES string of the molecule is CC(C)(C)OC(=O)NCC(CC1CO1)O[Si](C)(C)C(C)(C)C. The zero-order chi connectivity index (χ0) is 17.2. The van der Waals surface area contributed by atoms with Gasteiger partial charge in [-0.3, -0.25) is 0 Å². The van der Waals surface area contributed by atoms with E-state index in [2.05, 4.69) is 39.2 Å². The fourth-order valence-corrected chi connectivity index (χ4v) is 3.14. The molecular weight excluding hydrogens is 298 g/mol. The zero-order valence-electron chi connectivity index (χ0n) is 15.4. The molecule has 1 heterocycles. The molecule has 2 unspecified atom stereocenters. The molecule has 1 rings (SSSR count). The molecule has 1 aliphatic heterocycles. The number of carbonyl (C=O) groups excluding carboxylic acids is 1. The van der Waals surface area contributed by atoms with Crippen LogP contribution < -0.4 is 5.32 Å². The van der Waals surface area contributed by atoms with Gasteiger partial charge in [-0.1, -0.05) is 20.8 Å². The van der Waals surface area contributed by atoms with E-state index in [1.807, 2.05) is 20.8 Å². The Morgan fingerprint density at radius 2 is 1.82 bits per heavy atom. The Morgan fingerprint density at radius 3 is 2.23 bits per heavy atom. The standard InChI is InChI=1S/C16H33NO4Si/c1-15(2,3)20-14(18)17-10-12(9-13-11-19-13)21-22(7,8)16(4,5)6/h12-13H,9-11H2,1-8H3,(H,17,18). The third-order valence-corrected chi connectivity index (χ3v) is 8.60. The van der Waals surface area contributed by atoms with Crippen molar-refractivity contribution in [3.63, 3.8) is 0 Å². The second-order valence-electron chi connectivity index (χ2n) is 8.57. The Kier molecular flexibility index (Phi) is 6.09. The first kappa shape index (κ1) is 19.5. The number of amides is 1. The van der Waals surface area contributed by atoms with Gasteiger partial charge in [0.05, 0.1) is 18.8 Å². The van der Waals surface area contributed by atoms with Gasteiger partial charge in [0.2, 0.25) is 0 Å². The molecule has 0 spiro atoms. The summed E-state index contributed by atoms with van der Waals surface area (Å²) < 4.78 is 17.0. The summed E-state index contributed by atoms with van der Waals surface area (Å²) in [4.78, 5) is 11.8. The van der Waals surface area contributed by atoms with Crippen LogP contribution in [-0.2, 0) is 13.9 Å². The Hall–Kier alpha value is -0.593. The number of hydrogen-bond donors (Lipinski definition) is 1. The number of carbonyl (C=O) groups is 1. The number of ether oxygens (including phenoxy) is 2. The predicted octanol–water partition coefficient (Wildman–Crippen LogP) is 3.69. The van der Waals surface area contributed by atoms with E-state index in [9.17, 15) is 4.79 Å². The van der Waals surface area contributed by atoms with Crippen LogP contribution in [0.15, 0.2) is 0 Å². The quantitative estimate of drug-likeness (QED) is 0.595. The average molecular weight is 332 g/mol. The zero-order valence-corrected chi connectivity index (χ0v) is 16.4. The molecule has 2 atom stereocenters. The van der Waals surface area contributed by atoms with E-state index >= 15 is 0 Å². The van der Waals surface area contributed by atoms with Crippen molar-refractivity contribution < 1.29 is 18.7 Å². The molecule has 1 fully saturated rings. The molecule has 0 aromatic rings. The van der Waals surface area contributed by atoms with E-state index in [0.717, 1.165) is 13.0 Å². The summed E-state index contributed by atoms with van der Waals surface area (Å²) in [7, 11) is -1.87. The number of hydrogen-bond acceptors (Lipinski definition) is 4. The summed E-state index contributed by atoms with van der Waals surface area (Å²) in [6.45, 7) is 17.9. The maximum Gasteiger partial charge on any atom is 0.407 e. The first-order chi connectivity index (χ1) is 9.80. The lowest BCUT2D eigenvalue weighted by molar-refractivity contribution is 0.0490. The van der Waals surface area contributed by atoms with Crippen molar-refractivity contribution in [2.45, 2.75) is 83.9 Å². The largest absolute Gasteiger partial charge is 0.444 e. The second kappa shape index (κ2) is 6.89. The smallest absolute Gasteiger partial charge is 0.407 e. The molecule has 130 valence electrons. The van der Waals surface area contributed by atoms with Gasteiger partial charge in [-0.05, 0) is 38.9 Å². The van der Waals surface area contributed by atoms with Crippen LogP contribution in [0.5, 0.6) is 0 Å². The van der Waals surface area contributed by atoms with Crippen molar-refractivity contribution in [2.24, 2.45) is 0 Å². The molecule has 0 aromatic heterocycles. The van der Waals surface area contributed by atoms with Gasteiger partial charge in [-0.25, -0.2) is 4.79 Å². The topological polar surface area (TPSA) is 60.1 Å². The van der Waals surface area contributed by atoms with Crippen LogP contribution in [0.2, 0.25) is 18.1 Å². The van der Waals surface area contributed by atoms with Gasteiger partial charge in [0, 0.05) is 13.0 Å². The fourth-order valence-electron chi connectivity index (χ4n) is 1.78. The molecule has 0 bridgehead atoms. The predicted molar refractivity (Wildman–Crippen MR) is 90.7 cm³/mol. The van der Waals surface area contributed by atoms with Gasteiger partial charge in [0.25, 0.3) is 0 Å². The van der Waals surface area contributed by atoms with E-state index in [1.165, 1.54) is 0 Å². The highest BCUT2D eigenvalue weighted by atomic mass is 28.4. The lowest BCUT2D eigenvalue weighted by atomic mass is 10.2. The highest BCUT2D eigenvalue weighted by Gasteiger charge is 2.40. The number of nitrogens with one attached hydrogen (secondary N) is 1. The molecule has 1 saturated heterocycles. The van der Waals surface area contributed by atoms with Crippen LogP contribution >= 0.6 is 0 Å². The Bertz CT molecular complexity index is 381. The minimum atomic E-state index is -1.87. The lowest BCUT2D eigenvalue weighted by Gasteiger charge is -2.39. The summed E-state index contributed by atoms with van der Waals surface area (Å²) in [5.74, 6) is 0. The lowest BCUT2D eigenvalue weighted by Crippen LogP contribution is -2.47. The van der Waals surface area contributed by atoms with Crippen LogP contribution in [0.3, 0.4) is 0 Å². The van der Waals surface area contributed by atoms with E-state index in [1.54, 1.807) is 0 Å². The normalized spacial score (nSPS) is 20.5. The van der Waals surface area contributed by atoms with Gasteiger partial charge in [-0.15, -0.1) is 0 Å². The van der Waals surface area contributed by atoms with Crippen molar-refractivity contribution in [3.05, 3.63) is 0 Å². The van der Waals surface area contributed by atoms with Crippen LogP contribution in [-0.4, -0.2) is 45.4 Å². The summed E-state index contributed by atoms with van der Waals surface area (Å²) in [6.07, 6.45) is 0.673. The van der Waals surface area contributed by atoms with E-state index < -0.39 is 20.0 Å². The van der Waals surface area contributed by atoms with Crippen molar-refractivity contribution >= 4 is 14.4 Å². The Balaban J connectivity index is 2.56. The highest BCUT2D eigenvalue weighted by molar-refractivity contribution is 6.74. The highest BCUT2D eigenvalue weighted by Crippen LogP contribution is 2.38. The van der Waals surface area contributed by atoms with Crippen LogP contribution in [0, 0.1) is 0 Å². The average Bonchev–Trinajstić information content (AvgIpc) is 3.05. The number of epoxide rings is 1. The minimum Gasteiger partial charge on any atom is -0.444 e. The molecule has 1 amide bonds. The van der Waals surface area contributed by atoms with Gasteiger partial charge in [-0.2, -0.15) is 0 Å². The summed E-state index contributed by atoms with van der Waals surface area (Å²) in [5.41, 5.74) is -0.487. The summed E-state index contributed by atoms with van der Waals surface area (Å²) in [5, 5.41) is 2.97. The first-order valence-electron chi connectivity index (χ1n) is 8.06. The van der Waals surface area contributed by atoms with Gasteiger partial charge in [0.15, 0.2) is 8.32 Å². The van der Waals surface area contributed by atoms with E-state index in [-0.39, 0.29) is 17.2 Å². The summed E-state index contributed by atoms with van der Waals surface area (Å²) in [6, 6.07) is 0. The molecule has 1 N–H and O–H groups in total. The molecule has 0 aromatic carbocycles. The van der Waals surface area contributed by atoms with Gasteiger partial charge < -0.3 is 19.2 Å². The van der Waals surface area contributed by atoms with Crippen LogP contribution in [0.4, 0.5) is 4.79 Å². The van der Waals surface area contributed by atoms with Gasteiger partial charge >= 0.3 is 6.09 Å². The second-order valence-corrected chi connectivity index (χ2v) is 13.3. The van der Waals surface area contributed by atoms with Crippen molar-refractivity contribution in [1.82, 2.24) is 5.32 Å². The third kappa shape index (κ3) is 7.11. The van der Waals surface area contributed by atoms with E-state index in [4.69, 9.17) is 13.9 Å². The fraction of sp³-hybridized carbons (Fsp3) is 0.938. The first-order valence-corrected chi connectivity index (χ1v) is 11.0. The summed E-state index contributed by atoms with van der Waals surface area (Å²) >= 11 is 0. The molecule has 0 radical (unpaired) electrons. The molecular formula is C16H33NO4Si. The molecule has 0 aliphatic carbocycles. The molecule has 6 heteroatoms. The number of rotatable bonds is 6. The Morgan fingerprint density at radius 1 is 1.27 bits per heavy atom. The maximum atomic E-state index is 11.8.